The minimum Gasteiger partial charge on any atom is -0.508 e. The Labute approximate surface area is 315 Å². The van der Waals surface area contributed by atoms with E-state index < -0.39 is 29.2 Å². The molecule has 54 heavy (non-hydrogen) atoms. The van der Waals surface area contributed by atoms with Crippen molar-refractivity contribution in [3.8, 4) is 24.1 Å². The maximum Gasteiger partial charge on any atom is 0.318 e. The number of aromatic hydroxyl groups is 1. The van der Waals surface area contributed by atoms with Crippen LogP contribution in [0.4, 0.5) is 14.6 Å². The van der Waals surface area contributed by atoms with Gasteiger partial charge in [0.1, 0.15) is 30.2 Å². The lowest BCUT2D eigenvalue weighted by molar-refractivity contribution is -0.129. The van der Waals surface area contributed by atoms with Crippen molar-refractivity contribution in [3.63, 3.8) is 0 Å². The minimum absolute atomic E-state index is 0.0214. The third-order valence-corrected chi connectivity index (χ3v) is 12.3. The van der Waals surface area contributed by atoms with E-state index in [2.05, 4.69) is 22.7 Å². The molecule has 1 saturated carbocycles. The normalized spacial score (nSPS) is 23.3. The standard InChI is InChI=1S/C42H49F2N5O5/c1-5-32-35(44)12-10-28-19-31(51)21-34(38(28)32)27-9-11-33-36(20-27)46-40(47-39(33)45-24-41(15-7-8-16-41)48(4)37(52)6-2)54-25-42(26(3)50)22-29(43)23-49(42)30-13-17-53-18-14-30/h1,6,10,12,19-21,26,29-30,50-51H,2,7-9,11,13-18,22-25H2,3-4H3,(H,45,46,47)/t26-,29+,42-/m0/s1. The molecular weight excluding hydrogens is 692 g/mol. The van der Waals surface area contributed by atoms with Gasteiger partial charge in [0, 0.05) is 56.8 Å². The molecule has 7 rings (SSSR count). The van der Waals surface area contributed by atoms with Crippen LogP contribution in [0.2, 0.25) is 0 Å². The highest BCUT2D eigenvalue weighted by atomic mass is 19.1. The van der Waals surface area contributed by atoms with E-state index in [1.54, 1.807) is 30.0 Å². The fraction of sp³-hybridized carbons (Fsp3) is 0.500. The van der Waals surface area contributed by atoms with E-state index in [1.807, 2.05) is 13.1 Å². The zero-order valence-corrected chi connectivity index (χ0v) is 31.0. The summed E-state index contributed by atoms with van der Waals surface area (Å²) in [5, 5.41) is 26.7. The number of nitrogens with one attached hydrogen (secondary N) is 1. The Morgan fingerprint density at radius 1 is 1.26 bits per heavy atom. The van der Waals surface area contributed by atoms with Gasteiger partial charge in [0.05, 0.1) is 28.4 Å². The Bertz CT molecular complexity index is 2000. The van der Waals surface area contributed by atoms with Crippen LogP contribution < -0.4 is 10.1 Å². The topological polar surface area (TPSA) is 120 Å². The van der Waals surface area contributed by atoms with Crippen LogP contribution in [0.5, 0.6) is 11.8 Å². The van der Waals surface area contributed by atoms with Gasteiger partial charge >= 0.3 is 6.01 Å². The molecule has 1 amide bonds. The Morgan fingerprint density at radius 2 is 2.02 bits per heavy atom. The number of phenols is 1. The van der Waals surface area contributed by atoms with Crippen LogP contribution in [-0.4, -0.2) is 105 Å². The summed E-state index contributed by atoms with van der Waals surface area (Å²) >= 11 is 0. The van der Waals surface area contributed by atoms with Gasteiger partial charge in [-0.3, -0.25) is 9.69 Å². The molecule has 2 aliphatic carbocycles. The monoisotopic (exact) mass is 741 g/mol. The number of aliphatic hydroxyl groups excluding tert-OH is 1. The molecule has 0 radical (unpaired) electrons. The number of phenolic OH excluding ortho intramolecular Hbond substituents is 1. The average Bonchev–Trinajstić information content (AvgIpc) is 3.81. The fourth-order valence-electron chi connectivity index (χ4n) is 9.20. The number of amides is 1. The zero-order chi connectivity index (χ0) is 38.2. The van der Waals surface area contributed by atoms with Gasteiger partial charge in [-0.25, -0.2) is 8.78 Å². The first-order chi connectivity index (χ1) is 26.0. The van der Waals surface area contributed by atoms with E-state index in [0.29, 0.717) is 60.4 Å². The fourth-order valence-corrected chi connectivity index (χ4v) is 9.20. The second kappa shape index (κ2) is 15.3. The third-order valence-electron chi connectivity index (χ3n) is 12.3. The molecule has 286 valence electrons. The second-order valence-corrected chi connectivity index (χ2v) is 15.3. The predicted molar refractivity (Wildman–Crippen MR) is 204 cm³/mol. The van der Waals surface area contributed by atoms with Gasteiger partial charge in [0.2, 0.25) is 5.91 Å². The largest absolute Gasteiger partial charge is 0.508 e. The van der Waals surface area contributed by atoms with Crippen LogP contribution in [0.25, 0.3) is 22.4 Å². The summed E-state index contributed by atoms with van der Waals surface area (Å²) in [7, 11) is 1.81. The van der Waals surface area contributed by atoms with Crippen molar-refractivity contribution in [2.75, 3.05) is 45.3 Å². The van der Waals surface area contributed by atoms with Crippen molar-refractivity contribution >= 4 is 34.1 Å². The van der Waals surface area contributed by atoms with Crippen LogP contribution in [-0.2, 0) is 16.0 Å². The molecule has 0 spiro atoms. The van der Waals surface area contributed by atoms with E-state index in [9.17, 15) is 15.0 Å². The lowest BCUT2D eigenvalue weighted by Crippen LogP contribution is -2.60. The number of allylic oxidation sites excluding steroid dienone is 1. The first-order valence-electron chi connectivity index (χ1n) is 19.0. The van der Waals surface area contributed by atoms with Crippen molar-refractivity contribution in [3.05, 3.63) is 65.1 Å². The first kappa shape index (κ1) is 37.7. The Morgan fingerprint density at radius 3 is 2.72 bits per heavy atom. The highest BCUT2D eigenvalue weighted by Gasteiger charge is 2.52. The zero-order valence-electron chi connectivity index (χ0n) is 31.0. The van der Waals surface area contributed by atoms with Gasteiger partial charge in [0.25, 0.3) is 0 Å². The van der Waals surface area contributed by atoms with Crippen LogP contribution in [0, 0.1) is 18.2 Å². The van der Waals surface area contributed by atoms with Crippen molar-refractivity contribution in [2.45, 2.75) is 94.1 Å². The highest BCUT2D eigenvalue weighted by Crippen LogP contribution is 2.42. The van der Waals surface area contributed by atoms with Crippen LogP contribution in [0.1, 0.15) is 80.7 Å². The number of carbonyl (C=O) groups excluding carboxylic acids is 1. The number of terminal acetylenes is 1. The minimum atomic E-state index is -1.13. The number of alkyl halides is 1. The van der Waals surface area contributed by atoms with Crippen molar-refractivity contribution in [1.82, 2.24) is 19.8 Å². The molecule has 3 N–H and O–H groups in total. The summed E-state index contributed by atoms with van der Waals surface area (Å²) in [5.74, 6) is 2.39. The number of ether oxygens (including phenoxy) is 2. The summed E-state index contributed by atoms with van der Waals surface area (Å²) < 4.78 is 42.3. The molecule has 3 aromatic rings. The number of nitrogens with zero attached hydrogens (tertiary/aromatic N) is 4. The van der Waals surface area contributed by atoms with Gasteiger partial charge in [-0.05, 0) is 92.3 Å². The Hall–Kier alpha value is -4.57. The number of likely N-dealkylation sites (N-methyl/N-ethyl adjacent to an activating group) is 1. The summed E-state index contributed by atoms with van der Waals surface area (Å²) in [6.07, 6.45) is 13.2. The van der Waals surface area contributed by atoms with E-state index in [4.69, 9.17) is 25.9 Å². The van der Waals surface area contributed by atoms with Crippen LogP contribution in [0.3, 0.4) is 0 Å². The third kappa shape index (κ3) is 6.93. The predicted octanol–water partition coefficient (Wildman–Crippen LogP) is 6.03. The quantitative estimate of drug-likeness (QED) is 0.160. The summed E-state index contributed by atoms with van der Waals surface area (Å²) in [6.45, 7) is 7.12. The number of halogens is 2. The maximum atomic E-state index is 15.3. The number of anilines is 1. The second-order valence-electron chi connectivity index (χ2n) is 15.3. The molecule has 0 unspecified atom stereocenters. The van der Waals surface area contributed by atoms with E-state index in [-0.39, 0.29) is 48.8 Å². The number of carbonyl (C=O) groups is 1. The summed E-state index contributed by atoms with van der Waals surface area (Å²) in [5.41, 5.74) is 1.47. The number of aromatic nitrogens is 2. The molecule has 2 aliphatic heterocycles. The lowest BCUT2D eigenvalue weighted by Gasteiger charge is -2.45. The van der Waals surface area contributed by atoms with Crippen molar-refractivity contribution in [2.24, 2.45) is 0 Å². The maximum absolute atomic E-state index is 15.3. The number of hydrogen-bond acceptors (Lipinski definition) is 9. The number of aliphatic hydroxyl groups is 1. The van der Waals surface area contributed by atoms with Crippen molar-refractivity contribution < 1.29 is 33.3 Å². The Balaban J connectivity index is 1.29. The molecule has 0 bridgehead atoms. The molecule has 2 saturated heterocycles. The molecule has 3 fully saturated rings. The van der Waals surface area contributed by atoms with Crippen LogP contribution in [0.15, 0.2) is 36.9 Å². The SMILES string of the molecule is C#Cc1c(F)ccc2cc(O)cc(C3=Cc4nc(OC[C@]5([C@H](C)O)C[C@@H](F)CN5C5CCOCC5)nc(NCC5(N(C)C(=O)C=C)CCCC5)c4CC3)c12. The van der Waals surface area contributed by atoms with E-state index in [1.165, 1.54) is 12.1 Å². The molecule has 12 heteroatoms. The molecule has 3 atom stereocenters. The van der Waals surface area contributed by atoms with Gasteiger partial charge in [0.15, 0.2) is 0 Å². The molecule has 4 aliphatic rings. The van der Waals surface area contributed by atoms with Gasteiger partial charge in [-0.2, -0.15) is 9.97 Å². The van der Waals surface area contributed by atoms with E-state index >= 15 is 8.78 Å². The molecular formula is C42H49F2N5O5. The first-order valence-corrected chi connectivity index (χ1v) is 19.0. The number of benzene rings is 2. The molecule has 10 nitrogen and oxygen atoms in total. The smallest absolute Gasteiger partial charge is 0.318 e. The highest BCUT2D eigenvalue weighted by molar-refractivity contribution is 6.02. The lowest BCUT2D eigenvalue weighted by atomic mass is 9.87. The number of rotatable bonds is 11. The van der Waals surface area contributed by atoms with Crippen molar-refractivity contribution in [1.29, 1.82) is 0 Å². The average molecular weight is 742 g/mol. The Kier molecular flexibility index (Phi) is 10.7. The van der Waals surface area contributed by atoms with Gasteiger partial charge in [-0.1, -0.05) is 31.4 Å². The molecule has 2 aromatic carbocycles. The number of hydrogen-bond donors (Lipinski definition) is 3. The molecule has 1 aromatic heterocycles. The van der Waals surface area contributed by atoms with Gasteiger partial charge < -0.3 is 29.9 Å². The summed E-state index contributed by atoms with van der Waals surface area (Å²) in [6, 6.07) is 6.15. The van der Waals surface area contributed by atoms with Gasteiger partial charge in [-0.15, -0.1) is 6.42 Å². The number of fused-ring (bicyclic) bond motifs is 2. The van der Waals surface area contributed by atoms with Crippen LogP contribution >= 0.6 is 0 Å². The summed E-state index contributed by atoms with van der Waals surface area (Å²) in [4.78, 5) is 26.4. The number of likely N-dealkylation sites (tertiary alicyclic amines) is 1. The molecule has 3 heterocycles. The van der Waals surface area contributed by atoms with E-state index in [0.717, 1.165) is 49.7 Å².